The van der Waals surface area contributed by atoms with Crippen molar-refractivity contribution >= 4 is 7.67 Å². The van der Waals surface area contributed by atoms with E-state index < -0.39 is 7.67 Å². The lowest BCUT2D eigenvalue weighted by molar-refractivity contribution is 0.270. The zero-order valence-corrected chi connectivity index (χ0v) is 9.30. The average molecular weight is 206 g/mol. The number of hydrogen-bond donors (Lipinski definition) is 1. The highest BCUT2D eigenvalue weighted by Crippen LogP contribution is 2.41. The highest BCUT2D eigenvalue weighted by atomic mass is 31.2. The van der Waals surface area contributed by atoms with Crippen LogP contribution in [0.1, 0.15) is 20.3 Å². The van der Waals surface area contributed by atoms with Gasteiger partial charge in [-0.25, -0.2) is 10.2 Å². The molecule has 0 heterocycles. The molecule has 1 atom stereocenters. The molecule has 5 heteroatoms. The maximum atomic E-state index is 11.7. The first-order valence-corrected chi connectivity index (χ1v) is 6.12. The van der Waals surface area contributed by atoms with Crippen molar-refractivity contribution in [3.8, 4) is 0 Å². The summed E-state index contributed by atoms with van der Waals surface area (Å²) >= 11 is 0. The summed E-state index contributed by atoms with van der Waals surface area (Å²) in [6.07, 6.45) is 2.38. The van der Waals surface area contributed by atoms with Gasteiger partial charge in [0, 0.05) is 13.1 Å². The summed E-state index contributed by atoms with van der Waals surface area (Å²) in [5.41, 5.74) is 5.55. The molecule has 0 aliphatic rings. The largest absolute Gasteiger partial charge is 0.340 e. The van der Waals surface area contributed by atoms with Gasteiger partial charge >= 0.3 is 7.67 Å². The summed E-state index contributed by atoms with van der Waals surface area (Å²) < 4.78 is 18.4. The van der Waals surface area contributed by atoms with E-state index in [0.29, 0.717) is 26.1 Å². The molecule has 0 aliphatic carbocycles. The van der Waals surface area contributed by atoms with E-state index in [2.05, 4.69) is 6.58 Å². The van der Waals surface area contributed by atoms with E-state index in [4.69, 9.17) is 10.0 Å². The van der Waals surface area contributed by atoms with Gasteiger partial charge in [0.1, 0.15) is 0 Å². The predicted octanol–water partition coefficient (Wildman–Crippen LogP) is 1.99. The topological polar surface area (TPSA) is 55.6 Å². The molecule has 13 heavy (non-hydrogen) atoms. The zero-order valence-electron chi connectivity index (χ0n) is 8.40. The first kappa shape index (κ1) is 12.8. The van der Waals surface area contributed by atoms with Gasteiger partial charge < -0.3 is 4.52 Å². The van der Waals surface area contributed by atoms with E-state index in [-0.39, 0.29) is 0 Å². The molecule has 0 saturated heterocycles. The van der Waals surface area contributed by atoms with Gasteiger partial charge in [-0.1, -0.05) is 19.9 Å². The second-order valence-corrected chi connectivity index (χ2v) is 4.57. The van der Waals surface area contributed by atoms with Gasteiger partial charge in [-0.15, -0.1) is 6.58 Å². The van der Waals surface area contributed by atoms with Crippen molar-refractivity contribution < 1.29 is 9.09 Å². The van der Waals surface area contributed by atoms with Crippen LogP contribution in [0.25, 0.3) is 0 Å². The molecule has 0 spiro atoms. The van der Waals surface area contributed by atoms with E-state index in [0.717, 1.165) is 0 Å². The van der Waals surface area contributed by atoms with Gasteiger partial charge in [0.15, 0.2) is 0 Å². The van der Waals surface area contributed by atoms with Crippen molar-refractivity contribution in [2.24, 2.45) is 5.50 Å². The molecular formula is C8H19N2O2P. The monoisotopic (exact) mass is 206 g/mol. The first-order chi connectivity index (χ1) is 6.08. The molecule has 0 aromatic carbocycles. The Kier molecular flexibility index (Phi) is 6.25. The van der Waals surface area contributed by atoms with E-state index in [9.17, 15) is 4.57 Å². The van der Waals surface area contributed by atoms with Crippen LogP contribution in [0.2, 0.25) is 0 Å². The van der Waals surface area contributed by atoms with Crippen LogP contribution in [0.5, 0.6) is 0 Å². The van der Waals surface area contributed by atoms with E-state index in [1.54, 1.807) is 10.7 Å². The maximum absolute atomic E-state index is 11.7. The molecule has 0 amide bonds. The second kappa shape index (κ2) is 6.33. The highest BCUT2D eigenvalue weighted by molar-refractivity contribution is 7.53. The molecule has 2 N–H and O–H groups in total. The van der Waals surface area contributed by atoms with Crippen molar-refractivity contribution in [3.63, 3.8) is 0 Å². The van der Waals surface area contributed by atoms with Crippen molar-refractivity contribution in [2.75, 3.05) is 19.7 Å². The lowest BCUT2D eigenvalue weighted by atomic mass is 10.5. The van der Waals surface area contributed by atoms with Gasteiger partial charge in [0.2, 0.25) is 0 Å². The lowest BCUT2D eigenvalue weighted by Crippen LogP contribution is -2.25. The first-order valence-electron chi connectivity index (χ1n) is 4.48. The van der Waals surface area contributed by atoms with Crippen LogP contribution in [-0.4, -0.2) is 24.4 Å². The molecule has 0 fully saturated rings. The summed E-state index contributed by atoms with van der Waals surface area (Å²) in [6.45, 7) is 8.99. The summed E-state index contributed by atoms with van der Waals surface area (Å²) in [7, 11) is -3.05. The summed E-state index contributed by atoms with van der Waals surface area (Å²) in [4.78, 5) is 0. The molecule has 0 aromatic heterocycles. The zero-order chi connectivity index (χ0) is 10.3. The molecular weight excluding hydrogens is 187 g/mol. The summed E-state index contributed by atoms with van der Waals surface area (Å²) in [5, 5.41) is 0. The van der Waals surface area contributed by atoms with Crippen LogP contribution >= 0.6 is 7.67 Å². The standard InChI is InChI=1S/C8H19N2O2P/c1-4-7-8-12-13(9,11)10(5-2)6-3/h4H,1,5-8H2,2-3H3,(H2,9,11). The highest BCUT2D eigenvalue weighted by Gasteiger charge is 2.23. The van der Waals surface area contributed by atoms with E-state index in [1.807, 2.05) is 13.8 Å². The average Bonchev–Trinajstić information content (AvgIpc) is 2.06. The van der Waals surface area contributed by atoms with Crippen LogP contribution < -0.4 is 5.50 Å². The van der Waals surface area contributed by atoms with Crippen molar-refractivity contribution in [1.82, 2.24) is 4.67 Å². The fourth-order valence-corrected chi connectivity index (χ4v) is 2.29. The van der Waals surface area contributed by atoms with Crippen LogP contribution in [0.3, 0.4) is 0 Å². The van der Waals surface area contributed by atoms with Crippen LogP contribution in [0.15, 0.2) is 12.7 Å². The molecule has 4 nitrogen and oxygen atoms in total. The van der Waals surface area contributed by atoms with E-state index >= 15 is 0 Å². The Bertz CT molecular complexity index is 193. The Balaban J connectivity index is 4.03. The molecule has 78 valence electrons. The molecule has 0 saturated carbocycles. The van der Waals surface area contributed by atoms with Gasteiger partial charge in [0.25, 0.3) is 0 Å². The van der Waals surface area contributed by atoms with Gasteiger partial charge in [0.05, 0.1) is 6.61 Å². The minimum absolute atomic E-state index is 0.369. The molecule has 0 bridgehead atoms. The van der Waals surface area contributed by atoms with Crippen LogP contribution in [0, 0.1) is 0 Å². The Hall–Kier alpha value is -0.150. The predicted molar refractivity (Wildman–Crippen MR) is 55.5 cm³/mol. The molecule has 0 aliphatic heterocycles. The Morgan fingerprint density at radius 3 is 2.46 bits per heavy atom. The second-order valence-electron chi connectivity index (χ2n) is 2.61. The Labute approximate surface area is 80.3 Å². The quantitative estimate of drug-likeness (QED) is 0.393. The van der Waals surface area contributed by atoms with Gasteiger partial charge in [-0.3, -0.25) is 4.57 Å². The van der Waals surface area contributed by atoms with Crippen LogP contribution in [0.4, 0.5) is 0 Å². The Morgan fingerprint density at radius 2 is 2.08 bits per heavy atom. The maximum Gasteiger partial charge on any atom is 0.340 e. The van der Waals surface area contributed by atoms with Crippen molar-refractivity contribution in [3.05, 3.63) is 12.7 Å². The van der Waals surface area contributed by atoms with Crippen molar-refractivity contribution in [1.29, 1.82) is 0 Å². The van der Waals surface area contributed by atoms with Gasteiger partial charge in [-0.2, -0.15) is 0 Å². The number of nitrogens with two attached hydrogens (primary N) is 1. The van der Waals surface area contributed by atoms with Crippen LogP contribution in [-0.2, 0) is 9.09 Å². The summed E-state index contributed by atoms with van der Waals surface area (Å²) in [5.74, 6) is 0. The normalized spacial score (nSPS) is 15.7. The smallest absolute Gasteiger partial charge is 0.306 e. The minimum atomic E-state index is -3.05. The third kappa shape index (κ3) is 4.58. The lowest BCUT2D eigenvalue weighted by Gasteiger charge is -2.24. The Morgan fingerprint density at radius 1 is 1.54 bits per heavy atom. The van der Waals surface area contributed by atoms with E-state index in [1.165, 1.54) is 0 Å². The molecule has 0 radical (unpaired) electrons. The number of rotatable bonds is 7. The SMILES string of the molecule is C=CCCOP(N)(=O)N(CC)CC. The fourth-order valence-electron chi connectivity index (χ4n) is 0.966. The molecule has 1 unspecified atom stereocenters. The molecule has 0 rings (SSSR count). The van der Waals surface area contributed by atoms with Crippen molar-refractivity contribution in [2.45, 2.75) is 20.3 Å². The third-order valence-electron chi connectivity index (χ3n) is 1.72. The molecule has 0 aromatic rings. The van der Waals surface area contributed by atoms with Gasteiger partial charge in [-0.05, 0) is 6.42 Å². The number of nitrogens with zero attached hydrogens (tertiary/aromatic N) is 1. The summed E-state index contributed by atoms with van der Waals surface area (Å²) in [6, 6.07) is 0. The fraction of sp³-hybridized carbons (Fsp3) is 0.750. The number of hydrogen-bond acceptors (Lipinski definition) is 2. The minimum Gasteiger partial charge on any atom is -0.306 e. The third-order valence-corrected chi connectivity index (χ3v) is 3.63.